The van der Waals surface area contributed by atoms with Crippen LogP contribution in [0.5, 0.6) is 0 Å². The molecular formula is C8H5ClI3NO2. The van der Waals surface area contributed by atoms with Gasteiger partial charge >= 0.3 is 0 Å². The van der Waals surface area contributed by atoms with Crippen molar-refractivity contribution in [2.45, 2.75) is 9.46 Å². The van der Waals surface area contributed by atoms with E-state index in [4.69, 9.17) is 11.6 Å². The molecule has 0 N–H and O–H groups in total. The minimum atomic E-state index is -0.809. The summed E-state index contributed by atoms with van der Waals surface area (Å²) in [6, 6.07) is 0. The first kappa shape index (κ1) is 14.3. The second kappa shape index (κ2) is 5.74. The average molecular weight is 563 g/mol. The number of aldehydes is 2. The summed E-state index contributed by atoms with van der Waals surface area (Å²) in [5, 5.41) is 0.400. The highest BCUT2D eigenvalue weighted by molar-refractivity contribution is 14.2. The number of halogens is 4. The van der Waals surface area contributed by atoms with Gasteiger partial charge in [-0.2, -0.15) is 1.33 Å². The highest BCUT2D eigenvalue weighted by Crippen LogP contribution is 2.40. The maximum absolute atomic E-state index is 11.2. The predicted octanol–water partition coefficient (Wildman–Crippen LogP) is 2.99. The zero-order valence-electron chi connectivity index (χ0n) is 7.16. The predicted molar refractivity (Wildman–Crippen MR) is 84.6 cm³/mol. The van der Waals surface area contributed by atoms with E-state index in [0.29, 0.717) is 16.9 Å². The van der Waals surface area contributed by atoms with E-state index in [1.54, 1.807) is 13.5 Å². The summed E-state index contributed by atoms with van der Waals surface area (Å²) in [5.41, 5.74) is -0.360. The zero-order chi connectivity index (χ0) is 11.6. The van der Waals surface area contributed by atoms with Crippen molar-refractivity contribution in [3.8, 4) is 0 Å². The largest absolute Gasteiger partial charge is 0.301 e. The number of allylic oxidation sites excluding steroid dienone is 2. The standard InChI is InChI=1S/C8H5ClI3NO2/c9-6-1-2-8(4-15,13(11)12)7(10)5(6)3-14/h1-4,7H. The molecule has 0 fully saturated rings. The van der Waals surface area contributed by atoms with Gasteiger partial charge in [-0.15, -0.1) is 0 Å². The molecular weight excluding hydrogens is 558 g/mol. The molecule has 2 unspecified atom stereocenters. The van der Waals surface area contributed by atoms with E-state index in [2.05, 4.69) is 22.6 Å². The lowest BCUT2D eigenvalue weighted by atomic mass is 9.89. The van der Waals surface area contributed by atoms with Crippen LogP contribution < -0.4 is 0 Å². The highest BCUT2D eigenvalue weighted by Gasteiger charge is 2.44. The van der Waals surface area contributed by atoms with Gasteiger partial charge in [0.1, 0.15) is 18.1 Å². The van der Waals surface area contributed by atoms with Gasteiger partial charge in [-0.05, 0) is 6.08 Å². The fourth-order valence-electron chi connectivity index (χ4n) is 1.15. The van der Waals surface area contributed by atoms with Crippen LogP contribution in [0, 0.1) is 0 Å². The normalized spacial score (nSPS) is 30.9. The molecule has 82 valence electrons. The molecule has 0 spiro atoms. The number of carbonyl (C=O) groups excluding carboxylic acids is 2. The molecule has 0 amide bonds. The first-order valence-corrected chi connectivity index (χ1v) is 7.31. The Bertz CT molecular complexity index is 356. The molecule has 0 aromatic heterocycles. The fraction of sp³-hybridized carbons (Fsp3) is 0.250. The van der Waals surface area contributed by atoms with Crippen LogP contribution in [0.2, 0.25) is 0 Å². The molecule has 0 saturated carbocycles. The minimum absolute atomic E-state index is 0.281. The molecule has 0 aliphatic heterocycles. The van der Waals surface area contributed by atoms with Gasteiger partial charge in [0.2, 0.25) is 0 Å². The SMILES string of the molecule is O=CC1=C(Cl)C=CC(C=O)(N(I)I)C1I. The number of hydrogen-bond donors (Lipinski definition) is 0. The summed E-state index contributed by atoms with van der Waals surface area (Å²) in [5.74, 6) is 0. The lowest BCUT2D eigenvalue weighted by Crippen LogP contribution is -2.48. The van der Waals surface area contributed by atoms with E-state index in [1.165, 1.54) is 0 Å². The molecule has 0 saturated heterocycles. The third-order valence-electron chi connectivity index (χ3n) is 2.06. The molecule has 3 nitrogen and oxygen atoms in total. The third kappa shape index (κ3) is 2.58. The number of rotatable bonds is 3. The van der Waals surface area contributed by atoms with Gasteiger partial charge in [0.05, 0.1) is 3.92 Å². The van der Waals surface area contributed by atoms with Crippen molar-refractivity contribution in [3.63, 3.8) is 0 Å². The molecule has 7 heteroatoms. The average Bonchev–Trinajstić information content (AvgIpc) is 2.19. The lowest BCUT2D eigenvalue weighted by molar-refractivity contribution is -0.111. The monoisotopic (exact) mass is 563 g/mol. The summed E-state index contributed by atoms with van der Waals surface area (Å²) >= 11 is 12.0. The molecule has 1 aliphatic rings. The Kier molecular flexibility index (Phi) is 5.48. The number of carbonyl (C=O) groups is 2. The van der Waals surface area contributed by atoms with Crippen LogP contribution in [0.4, 0.5) is 0 Å². The van der Waals surface area contributed by atoms with Gasteiger partial charge in [0.15, 0.2) is 0 Å². The Morgan fingerprint density at radius 2 is 2.07 bits per heavy atom. The van der Waals surface area contributed by atoms with Gasteiger partial charge < -0.3 is 4.79 Å². The number of alkyl halides is 1. The Hall–Kier alpha value is 1.26. The molecule has 0 bridgehead atoms. The van der Waals surface area contributed by atoms with Gasteiger partial charge in [-0.1, -0.05) is 40.3 Å². The van der Waals surface area contributed by atoms with Crippen LogP contribution in [-0.4, -0.2) is 23.4 Å². The van der Waals surface area contributed by atoms with Gasteiger partial charge in [0, 0.05) is 56.3 Å². The van der Waals surface area contributed by atoms with E-state index in [0.717, 1.165) is 6.29 Å². The van der Waals surface area contributed by atoms with Gasteiger partial charge in [-0.3, -0.25) is 4.79 Å². The van der Waals surface area contributed by atoms with Crippen LogP contribution in [0.15, 0.2) is 22.8 Å². The first-order chi connectivity index (χ1) is 6.99. The topological polar surface area (TPSA) is 37.4 Å². The second-order valence-corrected chi connectivity index (χ2v) is 8.28. The number of hydrogen-bond acceptors (Lipinski definition) is 3. The number of nitrogens with zero attached hydrogens (tertiary/aromatic N) is 1. The molecule has 0 radical (unpaired) electrons. The summed E-state index contributed by atoms with van der Waals surface area (Å²) < 4.78 is 1.44. The smallest absolute Gasteiger partial charge is 0.148 e. The van der Waals surface area contributed by atoms with E-state index >= 15 is 0 Å². The van der Waals surface area contributed by atoms with Gasteiger partial charge in [0.25, 0.3) is 0 Å². The Morgan fingerprint density at radius 3 is 2.47 bits per heavy atom. The van der Waals surface area contributed by atoms with Crippen molar-refractivity contribution in [2.24, 2.45) is 0 Å². The summed E-state index contributed by atoms with van der Waals surface area (Å²) in [4.78, 5) is 22.1. The fourth-order valence-corrected chi connectivity index (χ4v) is 4.84. The van der Waals surface area contributed by atoms with E-state index in [1.807, 2.05) is 45.7 Å². The van der Waals surface area contributed by atoms with Crippen LogP contribution in [0.25, 0.3) is 0 Å². The molecule has 1 rings (SSSR count). The van der Waals surface area contributed by atoms with E-state index < -0.39 is 5.54 Å². The van der Waals surface area contributed by atoms with Crippen molar-refractivity contribution in [1.82, 2.24) is 1.33 Å². The molecule has 1 aliphatic carbocycles. The molecule has 2 atom stereocenters. The Labute approximate surface area is 134 Å². The lowest BCUT2D eigenvalue weighted by Gasteiger charge is -2.35. The van der Waals surface area contributed by atoms with Crippen LogP contribution in [0.1, 0.15) is 0 Å². The first-order valence-electron chi connectivity index (χ1n) is 3.76. The quantitative estimate of drug-likeness (QED) is 0.230. The second-order valence-electron chi connectivity index (χ2n) is 2.86. The molecule has 0 heterocycles. The van der Waals surface area contributed by atoms with Crippen molar-refractivity contribution < 1.29 is 9.59 Å². The third-order valence-corrected chi connectivity index (χ3v) is 5.74. The van der Waals surface area contributed by atoms with Crippen molar-refractivity contribution in [3.05, 3.63) is 22.8 Å². The Morgan fingerprint density at radius 1 is 1.47 bits per heavy atom. The molecule has 15 heavy (non-hydrogen) atoms. The highest BCUT2D eigenvalue weighted by atomic mass is 127. The zero-order valence-corrected chi connectivity index (χ0v) is 14.4. The summed E-state index contributed by atoms with van der Waals surface area (Å²) in [7, 11) is 0. The van der Waals surface area contributed by atoms with Crippen LogP contribution >= 0.6 is 79.9 Å². The molecule has 0 aromatic rings. The maximum Gasteiger partial charge on any atom is 0.148 e. The minimum Gasteiger partial charge on any atom is -0.301 e. The van der Waals surface area contributed by atoms with Gasteiger partial charge in [-0.25, -0.2) is 0 Å². The van der Waals surface area contributed by atoms with E-state index in [9.17, 15) is 9.59 Å². The summed E-state index contributed by atoms with van der Waals surface area (Å²) in [6.07, 6.45) is 4.84. The van der Waals surface area contributed by atoms with Crippen molar-refractivity contribution in [2.75, 3.05) is 0 Å². The molecule has 0 aromatic carbocycles. The van der Waals surface area contributed by atoms with Crippen molar-refractivity contribution in [1.29, 1.82) is 0 Å². The summed E-state index contributed by atoms with van der Waals surface area (Å²) in [6.45, 7) is 0. The van der Waals surface area contributed by atoms with Crippen LogP contribution in [0.3, 0.4) is 0 Å². The van der Waals surface area contributed by atoms with Crippen LogP contribution in [-0.2, 0) is 9.59 Å². The van der Waals surface area contributed by atoms with Crippen molar-refractivity contribution >= 4 is 92.5 Å². The maximum atomic E-state index is 11.2. The Balaban J connectivity index is 3.25. The van der Waals surface area contributed by atoms with E-state index in [-0.39, 0.29) is 3.92 Å².